The molecule has 0 saturated carbocycles. The fraction of sp³-hybridized carbons (Fsp3) is 0.515. The van der Waals surface area contributed by atoms with Crippen molar-refractivity contribution in [1.82, 2.24) is 24.4 Å². The predicted molar refractivity (Wildman–Crippen MR) is 182 cm³/mol. The van der Waals surface area contributed by atoms with Gasteiger partial charge in [-0.1, -0.05) is 25.6 Å². The first kappa shape index (κ1) is 37.3. The van der Waals surface area contributed by atoms with Crippen LogP contribution in [-0.4, -0.2) is 98.0 Å². The average molecular weight is 694 g/mol. The largest absolute Gasteiger partial charge is 0.416 e. The van der Waals surface area contributed by atoms with Crippen LogP contribution in [-0.2, 0) is 27.5 Å². The number of likely N-dealkylation sites (tertiary alicyclic amines) is 1. The number of rotatable bonds is 10. The molecular formula is C33H46F3N7O4S. The predicted octanol–water partition coefficient (Wildman–Crippen LogP) is 4.03. The SMILES string of the molecule is C=C(c1cc(N2CCOCC2)ncc1N)C1CCN(CC(O)Cn2cc(C)c(-c3ccc(C(F)(F)F)cc3)n2)CC1.CCNS(C)(=O)=O. The maximum Gasteiger partial charge on any atom is 0.416 e. The first-order chi connectivity index (χ1) is 22.6. The summed E-state index contributed by atoms with van der Waals surface area (Å²) in [6, 6.07) is 7.03. The number of aryl methyl sites for hydroxylation is 1. The number of nitrogen functional groups attached to an aromatic ring is 1. The van der Waals surface area contributed by atoms with Crippen molar-refractivity contribution >= 4 is 27.1 Å². The van der Waals surface area contributed by atoms with Crippen molar-refractivity contribution in [2.24, 2.45) is 5.92 Å². The smallest absolute Gasteiger partial charge is 0.397 e. The van der Waals surface area contributed by atoms with Crippen molar-refractivity contribution in [3.63, 3.8) is 0 Å². The van der Waals surface area contributed by atoms with E-state index in [1.165, 1.54) is 12.1 Å². The normalized spacial score (nSPS) is 17.1. The van der Waals surface area contributed by atoms with Gasteiger partial charge >= 0.3 is 6.18 Å². The number of aliphatic hydroxyl groups is 1. The molecule has 48 heavy (non-hydrogen) atoms. The van der Waals surface area contributed by atoms with Gasteiger partial charge in [0.15, 0.2) is 0 Å². The number of pyridine rings is 1. The average Bonchev–Trinajstić information content (AvgIpc) is 3.40. The number of β-amino-alcohol motifs (C(OH)–C–C–N with tert-alkyl or cyclic N) is 1. The van der Waals surface area contributed by atoms with E-state index in [9.17, 15) is 26.7 Å². The molecule has 4 heterocycles. The first-order valence-electron chi connectivity index (χ1n) is 16.0. The topological polar surface area (TPSA) is 139 Å². The van der Waals surface area contributed by atoms with Gasteiger partial charge in [0.25, 0.3) is 0 Å². The molecule has 11 nitrogen and oxygen atoms in total. The lowest BCUT2D eigenvalue weighted by Crippen LogP contribution is -2.40. The molecule has 2 aliphatic heterocycles. The van der Waals surface area contributed by atoms with E-state index in [2.05, 4.69) is 31.2 Å². The van der Waals surface area contributed by atoms with Gasteiger partial charge in [0, 0.05) is 43.5 Å². The van der Waals surface area contributed by atoms with Gasteiger partial charge in [0.1, 0.15) is 5.82 Å². The highest BCUT2D eigenvalue weighted by Gasteiger charge is 2.30. The minimum atomic E-state index is -4.38. The number of alkyl halides is 3. The molecule has 0 bridgehead atoms. The number of aromatic nitrogens is 3. The van der Waals surface area contributed by atoms with Crippen LogP contribution in [0.5, 0.6) is 0 Å². The van der Waals surface area contributed by atoms with Gasteiger partial charge in [-0.05, 0) is 68.1 Å². The van der Waals surface area contributed by atoms with Crippen LogP contribution in [0.4, 0.5) is 24.7 Å². The Bertz CT molecular complexity index is 1620. The van der Waals surface area contributed by atoms with E-state index < -0.39 is 27.9 Å². The van der Waals surface area contributed by atoms with Crippen LogP contribution < -0.4 is 15.4 Å². The molecule has 264 valence electrons. The number of aliphatic hydroxyl groups excluding tert-OH is 1. The van der Waals surface area contributed by atoms with Crippen LogP contribution >= 0.6 is 0 Å². The molecular weight excluding hydrogens is 647 g/mol. The molecule has 2 aromatic heterocycles. The summed E-state index contributed by atoms with van der Waals surface area (Å²) in [4.78, 5) is 8.98. The van der Waals surface area contributed by atoms with Gasteiger partial charge in [-0.2, -0.15) is 18.3 Å². The summed E-state index contributed by atoms with van der Waals surface area (Å²) in [7, 11) is -2.92. The highest BCUT2D eigenvalue weighted by atomic mass is 32.2. The van der Waals surface area contributed by atoms with Crippen LogP contribution in [0.2, 0.25) is 0 Å². The molecule has 3 aromatic rings. The molecule has 15 heteroatoms. The van der Waals surface area contributed by atoms with E-state index in [0.29, 0.717) is 55.7 Å². The number of allylic oxidation sites excluding steroid dienone is 1. The van der Waals surface area contributed by atoms with E-state index >= 15 is 0 Å². The Balaban J connectivity index is 0.000000671. The number of ether oxygens (including phenoxy) is 1. The van der Waals surface area contributed by atoms with Gasteiger partial charge in [-0.25, -0.2) is 18.1 Å². The van der Waals surface area contributed by atoms with E-state index in [4.69, 9.17) is 10.5 Å². The number of benzene rings is 1. The van der Waals surface area contributed by atoms with Crippen LogP contribution in [0.15, 0.2) is 49.3 Å². The van der Waals surface area contributed by atoms with E-state index in [-0.39, 0.29) is 0 Å². The lowest BCUT2D eigenvalue weighted by molar-refractivity contribution is -0.137. The number of anilines is 2. The lowest BCUT2D eigenvalue weighted by atomic mass is 9.85. The Morgan fingerprint density at radius 1 is 1.15 bits per heavy atom. The van der Waals surface area contributed by atoms with Crippen LogP contribution in [0.25, 0.3) is 16.8 Å². The second-order valence-electron chi connectivity index (χ2n) is 12.2. The standard InChI is InChI=1S/C30H37F3N6O2.C3H9NO2S/c1-20-17-39(36-29(20)23-3-5-24(6-4-23)30(31,32)33)19-25(40)18-37-9-7-22(8-10-37)21(2)26-15-28(35-16-27(26)34)38-11-13-41-14-12-38;1-3-4-7(2,5)6/h3-6,15-17,22,25,40H,2,7-14,18-19,34H2,1H3;4H,3H2,1-2H3. The summed E-state index contributed by atoms with van der Waals surface area (Å²) in [6.07, 6.45) is 1.49. The summed E-state index contributed by atoms with van der Waals surface area (Å²) in [5.41, 5.74) is 10.3. The molecule has 0 aliphatic carbocycles. The molecule has 2 aliphatic rings. The molecule has 2 saturated heterocycles. The third kappa shape index (κ3) is 10.5. The van der Waals surface area contributed by atoms with Crippen molar-refractivity contribution in [3.05, 3.63) is 66.0 Å². The van der Waals surface area contributed by atoms with Crippen molar-refractivity contribution in [1.29, 1.82) is 0 Å². The highest BCUT2D eigenvalue weighted by molar-refractivity contribution is 7.88. The van der Waals surface area contributed by atoms with Crippen molar-refractivity contribution in [2.75, 3.05) is 69.4 Å². The van der Waals surface area contributed by atoms with Gasteiger partial charge in [0.2, 0.25) is 10.0 Å². The second-order valence-corrected chi connectivity index (χ2v) is 14.0. The number of nitrogens with zero attached hydrogens (tertiary/aromatic N) is 5. The number of halogens is 3. The number of hydrogen-bond acceptors (Lipinski definition) is 9. The zero-order chi connectivity index (χ0) is 35.1. The minimum absolute atomic E-state index is 0.297. The first-order valence-corrected chi connectivity index (χ1v) is 17.9. The lowest BCUT2D eigenvalue weighted by Gasteiger charge is -2.34. The van der Waals surface area contributed by atoms with Gasteiger partial charge in [-0.3, -0.25) is 4.68 Å². The minimum Gasteiger partial charge on any atom is -0.397 e. The molecule has 4 N–H and O–H groups in total. The fourth-order valence-electron chi connectivity index (χ4n) is 5.93. The summed E-state index contributed by atoms with van der Waals surface area (Å²) in [5, 5.41) is 15.4. The van der Waals surface area contributed by atoms with Gasteiger partial charge in [0.05, 0.1) is 55.3 Å². The Hall–Kier alpha value is -3.50. The van der Waals surface area contributed by atoms with E-state index in [1.54, 1.807) is 17.8 Å². The number of sulfonamides is 1. The Morgan fingerprint density at radius 2 is 1.79 bits per heavy atom. The van der Waals surface area contributed by atoms with E-state index in [1.807, 2.05) is 19.2 Å². The summed E-state index contributed by atoms with van der Waals surface area (Å²) in [5.74, 6) is 1.19. The van der Waals surface area contributed by atoms with Crippen LogP contribution in [0.1, 0.15) is 36.5 Å². The molecule has 1 aromatic carbocycles. The van der Waals surface area contributed by atoms with Crippen molar-refractivity contribution < 1.29 is 31.4 Å². The van der Waals surface area contributed by atoms with E-state index in [0.717, 1.165) is 79.9 Å². The highest BCUT2D eigenvalue weighted by Crippen LogP contribution is 2.35. The molecule has 0 amide bonds. The zero-order valence-electron chi connectivity index (χ0n) is 27.7. The molecule has 1 unspecified atom stereocenters. The Morgan fingerprint density at radius 3 is 2.35 bits per heavy atom. The molecule has 5 rings (SSSR count). The fourth-order valence-corrected chi connectivity index (χ4v) is 6.46. The van der Waals surface area contributed by atoms with Crippen LogP contribution in [0, 0.1) is 12.8 Å². The van der Waals surface area contributed by atoms with Crippen molar-refractivity contribution in [2.45, 2.75) is 45.5 Å². The molecule has 2 fully saturated rings. The van der Waals surface area contributed by atoms with Crippen molar-refractivity contribution in [3.8, 4) is 11.3 Å². The molecule has 0 spiro atoms. The third-order valence-corrected chi connectivity index (χ3v) is 9.20. The maximum absolute atomic E-state index is 12.9. The summed E-state index contributed by atoms with van der Waals surface area (Å²) in [6.45, 7) is 13.9. The summed E-state index contributed by atoms with van der Waals surface area (Å²) < 4.78 is 68.3. The number of morpholine rings is 1. The Labute approximate surface area is 280 Å². The Kier molecular flexibility index (Phi) is 12.6. The maximum atomic E-state index is 12.9. The van der Waals surface area contributed by atoms with Crippen LogP contribution in [0.3, 0.4) is 0 Å². The number of piperidine rings is 1. The number of hydrogen-bond donors (Lipinski definition) is 3. The second kappa shape index (κ2) is 16.3. The molecule has 0 radical (unpaired) electrons. The zero-order valence-corrected chi connectivity index (χ0v) is 28.5. The third-order valence-electron chi connectivity index (χ3n) is 8.39. The molecule has 1 atom stereocenters. The number of nitrogens with two attached hydrogens (primary N) is 1. The monoisotopic (exact) mass is 693 g/mol. The van der Waals surface area contributed by atoms with Gasteiger partial charge < -0.3 is 25.4 Å². The summed E-state index contributed by atoms with van der Waals surface area (Å²) >= 11 is 0. The van der Waals surface area contributed by atoms with Gasteiger partial charge in [-0.15, -0.1) is 0 Å². The quantitative estimate of drug-likeness (QED) is 0.287. The number of nitrogens with one attached hydrogen (secondary N) is 1.